The number of H-pyrrole nitrogens is 2. The molecule has 0 spiro atoms. The molecule has 0 atom stereocenters. The molecule has 32 heavy (non-hydrogen) atoms. The van der Waals surface area contributed by atoms with Crippen LogP contribution < -0.4 is 10.6 Å². The number of para-hydroxylation sites is 2. The summed E-state index contributed by atoms with van der Waals surface area (Å²) >= 11 is 0. The van der Waals surface area contributed by atoms with Gasteiger partial charge in [-0.25, -0.2) is 29.7 Å². The fourth-order valence-electron chi connectivity index (χ4n) is 4.48. The molecule has 0 unspecified atom stereocenters. The first-order valence-corrected chi connectivity index (χ1v) is 10.6. The zero-order valence-corrected chi connectivity index (χ0v) is 17.5. The fourth-order valence-corrected chi connectivity index (χ4v) is 4.48. The average molecular weight is 427 g/mol. The van der Waals surface area contributed by atoms with Crippen LogP contribution in [0.15, 0.2) is 47.8 Å². The van der Waals surface area contributed by atoms with E-state index in [1.807, 2.05) is 35.8 Å². The van der Waals surface area contributed by atoms with Gasteiger partial charge < -0.3 is 14.9 Å². The Morgan fingerprint density at radius 1 is 1.00 bits per heavy atom. The van der Waals surface area contributed by atoms with Crippen molar-refractivity contribution in [2.75, 3.05) is 18.0 Å². The predicted octanol–water partition coefficient (Wildman–Crippen LogP) is 2.60. The van der Waals surface area contributed by atoms with Gasteiger partial charge in [-0.3, -0.25) is 4.57 Å². The number of benzene rings is 1. The summed E-state index contributed by atoms with van der Waals surface area (Å²) in [6.45, 7) is 3.41. The summed E-state index contributed by atoms with van der Waals surface area (Å²) in [6, 6.07) is 7.98. The maximum Gasteiger partial charge on any atom is 0.326 e. The van der Waals surface area contributed by atoms with Crippen LogP contribution in [0.3, 0.4) is 0 Å². The molecule has 160 valence electrons. The molecule has 0 amide bonds. The third kappa shape index (κ3) is 3.03. The Morgan fingerprint density at radius 2 is 1.78 bits per heavy atom. The lowest BCUT2D eigenvalue weighted by Crippen LogP contribution is -2.37. The molecular weight excluding hydrogens is 406 g/mol. The molecule has 0 radical (unpaired) electrons. The number of aromatic amines is 2. The molecule has 10 heteroatoms. The zero-order chi connectivity index (χ0) is 21.7. The summed E-state index contributed by atoms with van der Waals surface area (Å²) in [6.07, 6.45) is 6.74. The maximum atomic E-state index is 12.6. The highest BCUT2D eigenvalue weighted by atomic mass is 16.1. The molecule has 0 bridgehead atoms. The van der Waals surface area contributed by atoms with Crippen LogP contribution in [0.4, 0.5) is 5.82 Å². The minimum Gasteiger partial charge on any atom is -0.355 e. The second-order valence-electron chi connectivity index (χ2n) is 8.04. The molecule has 2 N–H and O–H groups in total. The van der Waals surface area contributed by atoms with Gasteiger partial charge in [0.25, 0.3) is 0 Å². The van der Waals surface area contributed by atoms with Crippen LogP contribution in [0.5, 0.6) is 0 Å². The zero-order valence-electron chi connectivity index (χ0n) is 17.5. The molecule has 1 aliphatic rings. The van der Waals surface area contributed by atoms with E-state index in [1.54, 1.807) is 18.7 Å². The van der Waals surface area contributed by atoms with E-state index in [-0.39, 0.29) is 11.7 Å². The third-order valence-electron chi connectivity index (χ3n) is 6.08. The van der Waals surface area contributed by atoms with E-state index < -0.39 is 0 Å². The Bertz CT molecular complexity index is 1470. The maximum absolute atomic E-state index is 12.6. The normalized spacial score (nSPS) is 15.1. The van der Waals surface area contributed by atoms with E-state index in [4.69, 9.17) is 0 Å². The monoisotopic (exact) mass is 427 g/mol. The van der Waals surface area contributed by atoms with E-state index in [2.05, 4.69) is 39.8 Å². The first-order chi connectivity index (χ1) is 15.7. The van der Waals surface area contributed by atoms with Crippen LogP contribution in [0.2, 0.25) is 0 Å². The molecule has 0 aliphatic carbocycles. The lowest BCUT2D eigenvalue weighted by molar-refractivity contribution is 0.395. The number of hydrogen-bond acceptors (Lipinski definition) is 7. The molecule has 6 rings (SSSR count). The fraction of sp³-hybridized carbons (Fsp3) is 0.273. The van der Waals surface area contributed by atoms with Crippen molar-refractivity contribution >= 4 is 28.0 Å². The first kappa shape index (κ1) is 18.7. The number of piperidine rings is 1. The van der Waals surface area contributed by atoms with E-state index in [9.17, 15) is 4.79 Å². The molecule has 1 fully saturated rings. The van der Waals surface area contributed by atoms with Crippen molar-refractivity contribution in [3.63, 3.8) is 0 Å². The SMILES string of the molecule is Cc1ncc(-c2nc3ncnc(N4CCC(n5c(=O)[nH]c6ccccc65)CC4)c3[nH]2)cn1. The Labute approximate surface area is 182 Å². The second-order valence-corrected chi connectivity index (χ2v) is 8.04. The summed E-state index contributed by atoms with van der Waals surface area (Å²) in [7, 11) is 0. The average Bonchev–Trinajstić information content (AvgIpc) is 3.40. The van der Waals surface area contributed by atoms with Crippen molar-refractivity contribution in [3.8, 4) is 11.4 Å². The highest BCUT2D eigenvalue weighted by Gasteiger charge is 2.26. The van der Waals surface area contributed by atoms with Gasteiger partial charge in [-0.2, -0.15) is 0 Å². The molecule has 1 saturated heterocycles. The molecule has 4 aromatic heterocycles. The Balaban J connectivity index is 1.28. The van der Waals surface area contributed by atoms with Gasteiger partial charge in [-0.1, -0.05) is 12.1 Å². The lowest BCUT2D eigenvalue weighted by atomic mass is 10.0. The number of aromatic nitrogens is 8. The number of anilines is 1. The van der Waals surface area contributed by atoms with Gasteiger partial charge >= 0.3 is 5.69 Å². The van der Waals surface area contributed by atoms with E-state index in [0.717, 1.165) is 53.9 Å². The van der Waals surface area contributed by atoms with Crippen LogP contribution in [-0.4, -0.2) is 52.5 Å². The van der Waals surface area contributed by atoms with Gasteiger partial charge in [0, 0.05) is 31.5 Å². The largest absolute Gasteiger partial charge is 0.355 e. The third-order valence-corrected chi connectivity index (χ3v) is 6.08. The minimum atomic E-state index is -0.0485. The minimum absolute atomic E-state index is 0.0485. The van der Waals surface area contributed by atoms with Crippen LogP contribution >= 0.6 is 0 Å². The summed E-state index contributed by atoms with van der Waals surface area (Å²) in [4.78, 5) is 43.1. The predicted molar refractivity (Wildman–Crippen MR) is 120 cm³/mol. The molecule has 10 nitrogen and oxygen atoms in total. The first-order valence-electron chi connectivity index (χ1n) is 10.6. The summed E-state index contributed by atoms with van der Waals surface area (Å²) in [5, 5.41) is 0. The van der Waals surface area contributed by atoms with Gasteiger partial charge in [0.1, 0.15) is 23.5 Å². The Hall–Kier alpha value is -4.08. The highest BCUT2D eigenvalue weighted by Crippen LogP contribution is 2.30. The lowest BCUT2D eigenvalue weighted by Gasteiger charge is -2.33. The number of imidazole rings is 2. The number of hydrogen-bond donors (Lipinski definition) is 2. The molecule has 5 heterocycles. The van der Waals surface area contributed by atoms with Crippen molar-refractivity contribution in [2.45, 2.75) is 25.8 Å². The number of fused-ring (bicyclic) bond motifs is 2. The van der Waals surface area contributed by atoms with Crippen LogP contribution in [0.1, 0.15) is 24.7 Å². The summed E-state index contributed by atoms with van der Waals surface area (Å²) in [5.74, 6) is 2.20. The number of nitrogens with zero attached hydrogens (tertiary/aromatic N) is 7. The highest BCUT2D eigenvalue weighted by molar-refractivity contribution is 5.86. The van der Waals surface area contributed by atoms with Crippen molar-refractivity contribution < 1.29 is 0 Å². The van der Waals surface area contributed by atoms with E-state index in [1.165, 1.54) is 0 Å². The van der Waals surface area contributed by atoms with Crippen LogP contribution in [0, 0.1) is 6.92 Å². The van der Waals surface area contributed by atoms with Crippen LogP contribution in [0.25, 0.3) is 33.6 Å². The topological polar surface area (TPSA) is 121 Å². The quantitative estimate of drug-likeness (QED) is 0.454. The molecular formula is C22H21N9O. The molecule has 5 aromatic rings. The standard InChI is InChI=1S/C22H21N9O/c1-13-23-10-14(11-24-13)19-28-18-20(29-19)25-12-26-21(18)30-8-6-15(7-9-30)31-17-5-3-2-4-16(17)27-22(31)32/h2-5,10-12,15H,6-9H2,1H3,(H,27,32)(H,25,26,28,29). The van der Waals surface area contributed by atoms with Gasteiger partial charge in [0.2, 0.25) is 0 Å². The molecule has 1 aromatic carbocycles. The van der Waals surface area contributed by atoms with Gasteiger partial charge in [0.05, 0.1) is 16.6 Å². The van der Waals surface area contributed by atoms with Gasteiger partial charge in [-0.05, 0) is 31.9 Å². The van der Waals surface area contributed by atoms with Gasteiger partial charge in [-0.15, -0.1) is 0 Å². The number of nitrogens with one attached hydrogen (secondary N) is 2. The summed E-state index contributed by atoms with van der Waals surface area (Å²) < 4.78 is 1.90. The summed E-state index contributed by atoms with van der Waals surface area (Å²) in [5.41, 5.74) is 4.00. The van der Waals surface area contributed by atoms with Crippen LogP contribution in [-0.2, 0) is 0 Å². The smallest absolute Gasteiger partial charge is 0.326 e. The second kappa shape index (κ2) is 7.26. The molecule has 1 aliphatic heterocycles. The van der Waals surface area contributed by atoms with Crippen molar-refractivity contribution in [1.82, 2.24) is 39.5 Å². The van der Waals surface area contributed by atoms with E-state index >= 15 is 0 Å². The van der Waals surface area contributed by atoms with Gasteiger partial charge in [0.15, 0.2) is 11.5 Å². The van der Waals surface area contributed by atoms with Crippen molar-refractivity contribution in [3.05, 3.63) is 59.3 Å². The number of aryl methyl sites for hydroxylation is 1. The Morgan fingerprint density at radius 3 is 2.59 bits per heavy atom. The van der Waals surface area contributed by atoms with E-state index in [0.29, 0.717) is 17.3 Å². The van der Waals surface area contributed by atoms with Crippen molar-refractivity contribution in [1.29, 1.82) is 0 Å². The number of rotatable bonds is 3. The Kier molecular flexibility index (Phi) is 4.23. The molecule has 0 saturated carbocycles. The van der Waals surface area contributed by atoms with Crippen molar-refractivity contribution in [2.24, 2.45) is 0 Å².